The maximum Gasteiger partial charge on any atom is 0.269 e. The van der Waals surface area contributed by atoms with Crippen molar-refractivity contribution in [1.29, 1.82) is 0 Å². The summed E-state index contributed by atoms with van der Waals surface area (Å²) < 4.78 is 24.6. The third kappa shape index (κ3) is 2.63. The lowest BCUT2D eigenvalue weighted by Crippen LogP contribution is -2.02. The van der Waals surface area contributed by atoms with Gasteiger partial charge >= 0.3 is 0 Å². The summed E-state index contributed by atoms with van der Waals surface area (Å²) >= 11 is 0. The predicted molar refractivity (Wildman–Crippen MR) is 69.7 cm³/mol. The van der Waals surface area contributed by atoms with Gasteiger partial charge in [0.05, 0.1) is 14.7 Å². The van der Waals surface area contributed by atoms with Crippen LogP contribution in [0.15, 0.2) is 58.3 Å². The van der Waals surface area contributed by atoms with E-state index in [0.717, 1.165) is 5.56 Å². The Morgan fingerprint density at radius 2 is 1.63 bits per heavy atom. The van der Waals surface area contributed by atoms with Crippen LogP contribution < -0.4 is 0 Å². The Labute approximate surface area is 110 Å². The van der Waals surface area contributed by atoms with Crippen LogP contribution in [0.25, 0.3) is 0 Å². The summed E-state index contributed by atoms with van der Waals surface area (Å²) in [6, 6.07) is 11.4. The molecule has 2 rings (SSSR count). The first kappa shape index (κ1) is 13.2. The number of aryl methyl sites for hydroxylation is 1. The Kier molecular flexibility index (Phi) is 3.35. The van der Waals surface area contributed by atoms with Crippen LogP contribution in [0.1, 0.15) is 5.56 Å². The molecule has 0 aliphatic heterocycles. The van der Waals surface area contributed by atoms with Crippen LogP contribution in [-0.2, 0) is 9.84 Å². The van der Waals surface area contributed by atoms with Crippen molar-refractivity contribution < 1.29 is 13.3 Å². The van der Waals surface area contributed by atoms with E-state index < -0.39 is 14.8 Å². The van der Waals surface area contributed by atoms with E-state index in [1.807, 2.05) is 0 Å². The molecule has 0 aliphatic carbocycles. The van der Waals surface area contributed by atoms with Crippen molar-refractivity contribution in [3.8, 4) is 0 Å². The number of nitro groups is 1. The van der Waals surface area contributed by atoms with Crippen LogP contribution in [0.2, 0.25) is 0 Å². The molecule has 5 nitrogen and oxygen atoms in total. The lowest BCUT2D eigenvalue weighted by Gasteiger charge is -2.05. The standard InChI is InChI=1S/C13H11NO4S/c1-10-3-2-4-13(9-10)19(17,18)12-7-5-11(6-8-12)14(15)16/h2-9H,1H3. The molecular formula is C13H11NO4S. The zero-order chi connectivity index (χ0) is 14.0. The van der Waals surface area contributed by atoms with E-state index in [-0.39, 0.29) is 15.5 Å². The van der Waals surface area contributed by atoms with Crippen molar-refractivity contribution in [2.45, 2.75) is 16.7 Å². The second-order valence-electron chi connectivity index (χ2n) is 4.07. The van der Waals surface area contributed by atoms with Crippen molar-refractivity contribution >= 4 is 15.5 Å². The summed E-state index contributed by atoms with van der Waals surface area (Å²) in [7, 11) is -3.63. The number of hydrogen-bond donors (Lipinski definition) is 0. The highest BCUT2D eigenvalue weighted by molar-refractivity contribution is 7.91. The zero-order valence-corrected chi connectivity index (χ0v) is 10.9. The molecule has 0 saturated carbocycles. The molecule has 0 spiro atoms. The first-order valence-electron chi connectivity index (χ1n) is 5.47. The Bertz CT molecular complexity index is 721. The molecule has 0 N–H and O–H groups in total. The largest absolute Gasteiger partial charge is 0.269 e. The second-order valence-corrected chi connectivity index (χ2v) is 6.02. The average molecular weight is 277 g/mol. The monoisotopic (exact) mass is 277 g/mol. The molecule has 98 valence electrons. The molecule has 0 saturated heterocycles. The van der Waals surface area contributed by atoms with Gasteiger partial charge in [-0.3, -0.25) is 10.1 Å². The van der Waals surface area contributed by atoms with Gasteiger partial charge in [0.15, 0.2) is 0 Å². The van der Waals surface area contributed by atoms with Crippen LogP contribution in [-0.4, -0.2) is 13.3 Å². The molecule has 0 atom stereocenters. The normalized spacial score (nSPS) is 11.2. The smallest absolute Gasteiger partial charge is 0.258 e. The number of benzene rings is 2. The van der Waals surface area contributed by atoms with E-state index >= 15 is 0 Å². The molecule has 0 fully saturated rings. The Hall–Kier alpha value is -2.21. The molecule has 2 aromatic carbocycles. The van der Waals surface area contributed by atoms with Crippen molar-refractivity contribution in [2.24, 2.45) is 0 Å². The lowest BCUT2D eigenvalue weighted by molar-refractivity contribution is -0.384. The summed E-state index contributed by atoms with van der Waals surface area (Å²) in [5.74, 6) is 0. The van der Waals surface area contributed by atoms with Gasteiger partial charge in [0.1, 0.15) is 0 Å². The fourth-order valence-electron chi connectivity index (χ4n) is 1.67. The number of nitrogens with zero attached hydrogens (tertiary/aromatic N) is 1. The van der Waals surface area contributed by atoms with Gasteiger partial charge in [-0.2, -0.15) is 0 Å². The van der Waals surface area contributed by atoms with E-state index in [2.05, 4.69) is 0 Å². The Balaban J connectivity index is 2.48. The minimum Gasteiger partial charge on any atom is -0.258 e. The minimum absolute atomic E-state index is 0.0451. The average Bonchev–Trinajstić information content (AvgIpc) is 2.39. The van der Waals surface area contributed by atoms with Crippen molar-refractivity contribution in [2.75, 3.05) is 0 Å². The maximum absolute atomic E-state index is 12.3. The third-order valence-corrected chi connectivity index (χ3v) is 4.42. The maximum atomic E-state index is 12.3. The number of rotatable bonds is 3. The Morgan fingerprint density at radius 3 is 2.16 bits per heavy atom. The topological polar surface area (TPSA) is 77.3 Å². The second kappa shape index (κ2) is 4.81. The van der Waals surface area contributed by atoms with Crippen LogP contribution >= 0.6 is 0 Å². The number of non-ortho nitro benzene ring substituents is 1. The van der Waals surface area contributed by atoms with Crippen LogP contribution in [0.5, 0.6) is 0 Å². The SMILES string of the molecule is Cc1cccc(S(=O)(=O)c2ccc([N+](=O)[O-])cc2)c1. The van der Waals surface area contributed by atoms with E-state index in [0.29, 0.717) is 0 Å². The molecule has 0 radical (unpaired) electrons. The Morgan fingerprint density at radius 1 is 1.00 bits per heavy atom. The predicted octanol–water partition coefficient (Wildman–Crippen LogP) is 2.74. The highest BCUT2D eigenvalue weighted by Crippen LogP contribution is 2.23. The highest BCUT2D eigenvalue weighted by Gasteiger charge is 2.18. The fourth-order valence-corrected chi connectivity index (χ4v) is 3.03. The summed E-state index contributed by atoms with van der Waals surface area (Å²) in [5.41, 5.74) is 0.700. The first-order valence-corrected chi connectivity index (χ1v) is 6.96. The van der Waals surface area contributed by atoms with Gasteiger partial charge in [0.25, 0.3) is 5.69 Å². The first-order chi connectivity index (χ1) is 8.91. The van der Waals surface area contributed by atoms with E-state index in [1.165, 1.54) is 30.3 Å². The van der Waals surface area contributed by atoms with Crippen molar-refractivity contribution in [3.05, 3.63) is 64.2 Å². The highest BCUT2D eigenvalue weighted by atomic mass is 32.2. The molecule has 19 heavy (non-hydrogen) atoms. The molecule has 0 aromatic heterocycles. The molecule has 0 amide bonds. The fraction of sp³-hybridized carbons (Fsp3) is 0.0769. The van der Waals surface area contributed by atoms with Crippen LogP contribution in [0.4, 0.5) is 5.69 Å². The van der Waals surface area contributed by atoms with Crippen LogP contribution in [0, 0.1) is 17.0 Å². The summed E-state index contributed by atoms with van der Waals surface area (Å²) in [4.78, 5) is 10.2. The number of hydrogen-bond acceptors (Lipinski definition) is 4. The minimum atomic E-state index is -3.63. The lowest BCUT2D eigenvalue weighted by atomic mass is 10.2. The summed E-state index contributed by atoms with van der Waals surface area (Å²) in [6.07, 6.45) is 0. The van der Waals surface area contributed by atoms with Gasteiger partial charge in [0, 0.05) is 12.1 Å². The molecule has 6 heteroatoms. The number of nitro benzene ring substituents is 1. The van der Waals surface area contributed by atoms with Crippen molar-refractivity contribution in [1.82, 2.24) is 0 Å². The zero-order valence-electron chi connectivity index (χ0n) is 10.1. The molecule has 0 bridgehead atoms. The molecule has 2 aromatic rings. The summed E-state index contributed by atoms with van der Waals surface area (Å²) in [6.45, 7) is 1.80. The van der Waals surface area contributed by atoms with E-state index in [1.54, 1.807) is 25.1 Å². The van der Waals surface area contributed by atoms with Gasteiger partial charge in [0.2, 0.25) is 9.84 Å². The molecule has 0 heterocycles. The molecular weight excluding hydrogens is 266 g/mol. The van der Waals surface area contributed by atoms with Gasteiger partial charge in [-0.1, -0.05) is 12.1 Å². The van der Waals surface area contributed by atoms with Gasteiger partial charge in [-0.25, -0.2) is 8.42 Å². The van der Waals surface area contributed by atoms with Gasteiger partial charge in [-0.05, 0) is 36.8 Å². The third-order valence-electron chi connectivity index (χ3n) is 2.66. The van der Waals surface area contributed by atoms with Crippen molar-refractivity contribution in [3.63, 3.8) is 0 Å². The molecule has 0 unspecified atom stereocenters. The van der Waals surface area contributed by atoms with Crippen LogP contribution in [0.3, 0.4) is 0 Å². The van der Waals surface area contributed by atoms with Gasteiger partial charge in [-0.15, -0.1) is 0 Å². The quantitative estimate of drug-likeness (QED) is 0.638. The molecule has 0 aliphatic rings. The van der Waals surface area contributed by atoms with Gasteiger partial charge < -0.3 is 0 Å². The summed E-state index contributed by atoms with van der Waals surface area (Å²) in [5, 5.41) is 10.5. The van der Waals surface area contributed by atoms with E-state index in [4.69, 9.17) is 0 Å². The number of sulfone groups is 1. The van der Waals surface area contributed by atoms with E-state index in [9.17, 15) is 18.5 Å².